The van der Waals surface area contributed by atoms with Crippen LogP contribution in [0.4, 0.5) is 0 Å². The highest BCUT2D eigenvalue weighted by Crippen LogP contribution is 2.40. The van der Waals surface area contributed by atoms with E-state index in [0.717, 1.165) is 6.42 Å². The standard InChI is InChI=1S/C19H31N3O6/c1-7-13-8(2)9(3)14(21-22-20)18(26-13)27-15-10(4)16-19(25-12(6)24-16)28-17(15)11(5)23/h8-10,12-19H,7H2,1-6H3/t8-,9?,10?,12?,13-,14-,15-,16-,17-,18+,19+/m0/s1. The first-order chi connectivity index (χ1) is 13.3. The average Bonchev–Trinajstić information content (AvgIpc) is 3.03. The fourth-order valence-electron chi connectivity index (χ4n) is 4.50. The predicted octanol–water partition coefficient (Wildman–Crippen LogP) is 3.17. The summed E-state index contributed by atoms with van der Waals surface area (Å²) in [5, 5.41) is 3.95. The molecule has 0 aromatic rings. The maximum absolute atomic E-state index is 12.3. The second kappa shape index (κ2) is 8.65. The first-order valence-corrected chi connectivity index (χ1v) is 10.1. The molecule has 0 aromatic heterocycles. The quantitative estimate of drug-likeness (QED) is 0.400. The Morgan fingerprint density at radius 3 is 2.39 bits per heavy atom. The van der Waals surface area contributed by atoms with Crippen molar-refractivity contribution in [2.24, 2.45) is 22.9 Å². The van der Waals surface area contributed by atoms with E-state index in [0.29, 0.717) is 0 Å². The molecular weight excluding hydrogens is 366 g/mol. The van der Waals surface area contributed by atoms with E-state index >= 15 is 0 Å². The molecule has 158 valence electrons. The Balaban J connectivity index is 1.85. The van der Waals surface area contributed by atoms with Crippen molar-refractivity contribution in [2.75, 3.05) is 0 Å². The third-order valence-electron chi connectivity index (χ3n) is 6.38. The molecule has 0 N–H and O–H groups in total. The van der Waals surface area contributed by atoms with Gasteiger partial charge < -0.3 is 23.7 Å². The van der Waals surface area contributed by atoms with Crippen LogP contribution in [-0.2, 0) is 28.5 Å². The molecule has 3 fully saturated rings. The Labute approximate surface area is 165 Å². The van der Waals surface area contributed by atoms with Gasteiger partial charge in [-0.3, -0.25) is 4.79 Å². The maximum Gasteiger partial charge on any atom is 0.188 e. The van der Waals surface area contributed by atoms with Gasteiger partial charge in [0.25, 0.3) is 0 Å². The number of Topliss-reactive ketones (excluding diaryl/α,β-unsaturated/α-hetero) is 1. The average molecular weight is 397 g/mol. The lowest BCUT2D eigenvalue weighted by Gasteiger charge is -2.47. The fraction of sp³-hybridized carbons (Fsp3) is 0.947. The van der Waals surface area contributed by atoms with Gasteiger partial charge in [-0.05, 0) is 37.6 Å². The number of fused-ring (bicyclic) bond motifs is 1. The van der Waals surface area contributed by atoms with Gasteiger partial charge in [-0.1, -0.05) is 32.8 Å². The smallest absolute Gasteiger partial charge is 0.188 e. The van der Waals surface area contributed by atoms with E-state index in [-0.39, 0.29) is 35.7 Å². The van der Waals surface area contributed by atoms with Gasteiger partial charge in [-0.15, -0.1) is 0 Å². The third-order valence-corrected chi connectivity index (χ3v) is 6.38. The fourth-order valence-corrected chi connectivity index (χ4v) is 4.50. The van der Waals surface area contributed by atoms with Crippen molar-refractivity contribution in [1.29, 1.82) is 0 Å². The zero-order valence-electron chi connectivity index (χ0n) is 17.3. The molecule has 3 heterocycles. The molecule has 0 aromatic carbocycles. The van der Waals surface area contributed by atoms with Crippen molar-refractivity contribution in [2.45, 2.75) is 97.3 Å². The number of ether oxygens (including phenoxy) is 5. The Morgan fingerprint density at radius 2 is 1.79 bits per heavy atom. The summed E-state index contributed by atoms with van der Waals surface area (Å²) < 4.78 is 29.8. The SMILES string of the molecule is CC[C@@H]1O[C@H](O[C@H]2C(C)[C@@H]3OC(C)O[C@@H]3O[C@H]2C(C)=O)[C@@H](N=[N+]=[N-])C(C)[C@@H]1C. The van der Waals surface area contributed by atoms with Gasteiger partial charge in [-0.2, -0.15) is 0 Å². The van der Waals surface area contributed by atoms with Crippen LogP contribution in [0.2, 0.25) is 0 Å². The van der Waals surface area contributed by atoms with Gasteiger partial charge in [0.1, 0.15) is 12.2 Å². The minimum Gasteiger partial charge on any atom is -0.349 e. The third kappa shape index (κ3) is 3.92. The highest BCUT2D eigenvalue weighted by molar-refractivity contribution is 5.81. The zero-order chi connectivity index (χ0) is 20.6. The number of carbonyl (C=O) groups excluding carboxylic acids is 1. The first kappa shape index (κ1) is 21.5. The van der Waals surface area contributed by atoms with E-state index in [4.69, 9.17) is 29.2 Å². The Morgan fingerprint density at radius 1 is 1.07 bits per heavy atom. The lowest BCUT2D eigenvalue weighted by molar-refractivity contribution is -0.297. The molecule has 28 heavy (non-hydrogen) atoms. The zero-order valence-corrected chi connectivity index (χ0v) is 17.3. The van der Waals surface area contributed by atoms with Crippen LogP contribution in [0.25, 0.3) is 10.4 Å². The number of azide groups is 1. The van der Waals surface area contributed by atoms with Gasteiger partial charge in [0.2, 0.25) is 0 Å². The van der Waals surface area contributed by atoms with E-state index in [1.165, 1.54) is 6.92 Å². The summed E-state index contributed by atoms with van der Waals surface area (Å²) in [6.07, 6.45) is -2.67. The molecule has 9 heteroatoms. The molecule has 0 bridgehead atoms. The van der Waals surface area contributed by atoms with Crippen LogP contribution in [0.3, 0.4) is 0 Å². The summed E-state index contributed by atoms with van der Waals surface area (Å²) in [6.45, 7) is 11.4. The lowest BCUT2D eigenvalue weighted by atomic mass is 9.81. The Kier molecular flexibility index (Phi) is 6.64. The second-order valence-corrected chi connectivity index (χ2v) is 8.16. The van der Waals surface area contributed by atoms with Crippen molar-refractivity contribution in [3.05, 3.63) is 10.4 Å². The molecule has 3 aliphatic heterocycles. The van der Waals surface area contributed by atoms with Crippen LogP contribution in [0.5, 0.6) is 0 Å². The Hall–Kier alpha value is -1.22. The highest BCUT2D eigenvalue weighted by atomic mass is 16.8. The summed E-state index contributed by atoms with van der Waals surface area (Å²) in [7, 11) is 0. The molecule has 0 amide bonds. The maximum atomic E-state index is 12.3. The summed E-state index contributed by atoms with van der Waals surface area (Å²) in [5.41, 5.74) is 9.05. The normalized spacial score (nSPS) is 48.6. The number of ketones is 1. The number of nitrogens with zero attached hydrogens (tertiary/aromatic N) is 3. The largest absolute Gasteiger partial charge is 0.349 e. The van der Waals surface area contributed by atoms with E-state index in [1.807, 2.05) is 13.8 Å². The van der Waals surface area contributed by atoms with E-state index in [1.54, 1.807) is 6.92 Å². The second-order valence-electron chi connectivity index (χ2n) is 8.16. The van der Waals surface area contributed by atoms with Crippen LogP contribution in [0.15, 0.2) is 5.11 Å². The molecular formula is C19H31N3O6. The molecule has 3 aliphatic rings. The number of carbonyl (C=O) groups is 1. The molecule has 3 unspecified atom stereocenters. The van der Waals surface area contributed by atoms with E-state index in [9.17, 15) is 4.79 Å². The van der Waals surface area contributed by atoms with Crippen LogP contribution in [0, 0.1) is 17.8 Å². The number of hydrogen-bond acceptors (Lipinski definition) is 7. The molecule has 0 spiro atoms. The molecule has 0 aliphatic carbocycles. The van der Waals surface area contributed by atoms with Gasteiger partial charge in [0, 0.05) is 10.8 Å². The first-order valence-electron chi connectivity index (χ1n) is 10.1. The summed E-state index contributed by atoms with van der Waals surface area (Å²) >= 11 is 0. The number of hydrogen-bond donors (Lipinski definition) is 0. The highest BCUT2D eigenvalue weighted by Gasteiger charge is 2.53. The van der Waals surface area contributed by atoms with E-state index in [2.05, 4.69) is 23.9 Å². The molecule has 3 rings (SSSR count). The van der Waals surface area contributed by atoms with Crippen LogP contribution in [-0.4, -0.2) is 55.1 Å². The molecule has 0 radical (unpaired) electrons. The van der Waals surface area contributed by atoms with Gasteiger partial charge >= 0.3 is 0 Å². The van der Waals surface area contributed by atoms with Crippen molar-refractivity contribution in [3.63, 3.8) is 0 Å². The summed E-state index contributed by atoms with van der Waals surface area (Å²) in [5.74, 6) is -0.0134. The van der Waals surface area contributed by atoms with Crippen molar-refractivity contribution in [1.82, 2.24) is 0 Å². The van der Waals surface area contributed by atoms with Crippen molar-refractivity contribution < 1.29 is 28.5 Å². The lowest BCUT2D eigenvalue weighted by Crippen LogP contribution is -2.59. The summed E-state index contributed by atoms with van der Waals surface area (Å²) in [4.78, 5) is 15.3. The van der Waals surface area contributed by atoms with Crippen molar-refractivity contribution in [3.8, 4) is 0 Å². The number of rotatable bonds is 5. The molecule has 3 saturated heterocycles. The van der Waals surface area contributed by atoms with Gasteiger partial charge in [-0.25, -0.2) is 0 Å². The van der Waals surface area contributed by atoms with Gasteiger partial charge in [0.05, 0.1) is 18.2 Å². The molecule has 9 nitrogen and oxygen atoms in total. The predicted molar refractivity (Wildman–Crippen MR) is 99.0 cm³/mol. The minimum absolute atomic E-state index is 0.0143. The topological polar surface area (TPSA) is 112 Å². The van der Waals surface area contributed by atoms with Crippen LogP contribution < -0.4 is 0 Å². The van der Waals surface area contributed by atoms with Crippen LogP contribution in [0.1, 0.15) is 48.0 Å². The Bertz CT molecular complexity index is 627. The molecule has 11 atom stereocenters. The van der Waals surface area contributed by atoms with Crippen molar-refractivity contribution >= 4 is 5.78 Å². The molecule has 0 saturated carbocycles. The van der Waals surface area contributed by atoms with Gasteiger partial charge in [0.15, 0.2) is 24.7 Å². The van der Waals surface area contributed by atoms with Crippen LogP contribution >= 0.6 is 0 Å². The van der Waals surface area contributed by atoms with E-state index < -0.39 is 37.1 Å². The monoisotopic (exact) mass is 397 g/mol. The minimum atomic E-state index is -0.796. The summed E-state index contributed by atoms with van der Waals surface area (Å²) in [6, 6.07) is -0.486.